The minimum atomic E-state index is -0.340. The first-order valence-corrected chi connectivity index (χ1v) is 4.96. The van der Waals surface area contributed by atoms with Gasteiger partial charge in [0.2, 0.25) is 0 Å². The zero-order valence-electron chi connectivity index (χ0n) is 9.50. The molecule has 14 heavy (non-hydrogen) atoms. The Balaban J connectivity index is 4.27. The number of ether oxygens (including phenoxy) is 2. The van der Waals surface area contributed by atoms with Crippen LogP contribution in [0.3, 0.4) is 0 Å². The van der Waals surface area contributed by atoms with Crippen molar-refractivity contribution < 1.29 is 14.3 Å². The topological polar surface area (TPSA) is 35.5 Å². The Bertz CT molecular complexity index is 195. The van der Waals surface area contributed by atoms with Gasteiger partial charge in [-0.25, -0.2) is 4.79 Å². The number of carbonyl (C=O) groups excluding carboxylic acids is 1. The summed E-state index contributed by atoms with van der Waals surface area (Å²) >= 11 is 0. The van der Waals surface area contributed by atoms with E-state index >= 15 is 0 Å². The molecule has 0 heterocycles. The molecular formula is C11H20O3. The second-order valence-corrected chi connectivity index (χ2v) is 3.31. The van der Waals surface area contributed by atoms with Crippen LogP contribution in [0.1, 0.15) is 33.6 Å². The van der Waals surface area contributed by atoms with Gasteiger partial charge in [0, 0.05) is 12.7 Å². The highest BCUT2D eigenvalue weighted by molar-refractivity contribution is 5.87. The molecule has 0 saturated carbocycles. The molecule has 82 valence electrons. The van der Waals surface area contributed by atoms with Gasteiger partial charge in [-0.3, -0.25) is 0 Å². The number of methoxy groups -OCH3 is 1. The lowest BCUT2D eigenvalue weighted by Crippen LogP contribution is -2.32. The van der Waals surface area contributed by atoms with Gasteiger partial charge < -0.3 is 9.47 Å². The van der Waals surface area contributed by atoms with Crippen molar-refractivity contribution in [2.24, 2.45) is 0 Å². The van der Waals surface area contributed by atoms with Crippen LogP contribution in [-0.2, 0) is 14.3 Å². The molecule has 0 N–H and O–H groups in total. The summed E-state index contributed by atoms with van der Waals surface area (Å²) in [7, 11) is 1.63. The molecule has 0 amide bonds. The van der Waals surface area contributed by atoms with Gasteiger partial charge in [0.15, 0.2) is 0 Å². The SMILES string of the molecule is C=C(C)C(=O)OC(CC)C(CC)OC. The molecule has 0 aromatic carbocycles. The maximum absolute atomic E-state index is 11.3. The lowest BCUT2D eigenvalue weighted by molar-refractivity contribution is -0.151. The summed E-state index contributed by atoms with van der Waals surface area (Å²) in [5.41, 5.74) is 0.425. The molecule has 3 heteroatoms. The summed E-state index contributed by atoms with van der Waals surface area (Å²) in [6.07, 6.45) is 1.39. The van der Waals surface area contributed by atoms with E-state index < -0.39 is 0 Å². The molecule has 0 radical (unpaired) electrons. The van der Waals surface area contributed by atoms with Gasteiger partial charge in [0.25, 0.3) is 0 Å². The highest BCUT2D eigenvalue weighted by Crippen LogP contribution is 2.12. The number of hydrogen-bond donors (Lipinski definition) is 0. The van der Waals surface area contributed by atoms with Gasteiger partial charge >= 0.3 is 5.97 Å². The fourth-order valence-electron chi connectivity index (χ4n) is 1.24. The Morgan fingerprint density at radius 2 is 1.79 bits per heavy atom. The Hall–Kier alpha value is -0.830. The van der Waals surface area contributed by atoms with E-state index in [1.54, 1.807) is 14.0 Å². The van der Waals surface area contributed by atoms with Crippen LogP contribution in [0, 0.1) is 0 Å². The van der Waals surface area contributed by atoms with Crippen LogP contribution in [0.2, 0.25) is 0 Å². The minimum Gasteiger partial charge on any atom is -0.456 e. The van der Waals surface area contributed by atoms with E-state index in [1.165, 1.54) is 0 Å². The Labute approximate surface area is 86.1 Å². The van der Waals surface area contributed by atoms with Crippen LogP contribution in [0.25, 0.3) is 0 Å². The summed E-state index contributed by atoms with van der Waals surface area (Å²) in [6.45, 7) is 9.16. The van der Waals surface area contributed by atoms with E-state index in [-0.39, 0.29) is 18.2 Å². The largest absolute Gasteiger partial charge is 0.456 e. The zero-order valence-corrected chi connectivity index (χ0v) is 9.50. The van der Waals surface area contributed by atoms with Crippen LogP contribution in [0.4, 0.5) is 0 Å². The first-order chi connectivity index (χ1) is 6.56. The third-order valence-electron chi connectivity index (χ3n) is 2.13. The molecule has 0 aliphatic carbocycles. The summed E-state index contributed by atoms with van der Waals surface area (Å²) in [6, 6.07) is 0. The quantitative estimate of drug-likeness (QED) is 0.487. The molecule has 0 aliphatic heterocycles. The maximum atomic E-state index is 11.3. The molecule has 0 spiro atoms. The van der Waals surface area contributed by atoms with Crippen molar-refractivity contribution >= 4 is 5.97 Å². The Kier molecular flexibility index (Phi) is 6.21. The zero-order chi connectivity index (χ0) is 11.1. The van der Waals surface area contributed by atoms with Gasteiger partial charge in [-0.15, -0.1) is 0 Å². The Morgan fingerprint density at radius 1 is 1.29 bits per heavy atom. The number of rotatable bonds is 6. The average molecular weight is 200 g/mol. The van der Waals surface area contributed by atoms with Crippen LogP contribution in [0.5, 0.6) is 0 Å². The van der Waals surface area contributed by atoms with E-state index in [0.29, 0.717) is 5.57 Å². The van der Waals surface area contributed by atoms with Crippen LogP contribution < -0.4 is 0 Å². The predicted molar refractivity (Wildman–Crippen MR) is 56.1 cm³/mol. The Morgan fingerprint density at radius 3 is 2.07 bits per heavy atom. The van der Waals surface area contributed by atoms with E-state index in [1.807, 2.05) is 13.8 Å². The van der Waals surface area contributed by atoms with Crippen molar-refractivity contribution in [1.82, 2.24) is 0 Å². The summed E-state index contributed by atoms with van der Waals surface area (Å²) in [4.78, 5) is 11.3. The third-order valence-corrected chi connectivity index (χ3v) is 2.13. The molecule has 2 unspecified atom stereocenters. The first kappa shape index (κ1) is 13.2. The molecule has 0 aromatic rings. The van der Waals surface area contributed by atoms with Gasteiger partial charge in [-0.1, -0.05) is 20.4 Å². The molecule has 2 atom stereocenters. The van der Waals surface area contributed by atoms with Crippen molar-refractivity contribution in [2.45, 2.75) is 45.8 Å². The second-order valence-electron chi connectivity index (χ2n) is 3.31. The number of hydrogen-bond acceptors (Lipinski definition) is 3. The van der Waals surface area contributed by atoms with Gasteiger partial charge in [0.1, 0.15) is 6.10 Å². The monoisotopic (exact) mass is 200 g/mol. The van der Waals surface area contributed by atoms with E-state index in [0.717, 1.165) is 12.8 Å². The smallest absolute Gasteiger partial charge is 0.333 e. The highest BCUT2D eigenvalue weighted by Gasteiger charge is 2.21. The average Bonchev–Trinajstić information content (AvgIpc) is 2.17. The molecule has 0 rings (SSSR count). The normalized spacial score (nSPS) is 14.6. The van der Waals surface area contributed by atoms with Gasteiger partial charge in [0.05, 0.1) is 6.10 Å². The number of esters is 1. The molecule has 0 aliphatic rings. The van der Waals surface area contributed by atoms with Crippen LogP contribution >= 0.6 is 0 Å². The lowest BCUT2D eigenvalue weighted by Gasteiger charge is -2.23. The standard InChI is InChI=1S/C11H20O3/c1-6-9(13-5)10(7-2)14-11(12)8(3)4/h9-10H,3,6-7H2,1-2,4-5H3. The molecule has 0 aromatic heterocycles. The molecule has 0 fully saturated rings. The van der Waals surface area contributed by atoms with Crippen molar-refractivity contribution in [3.63, 3.8) is 0 Å². The summed E-state index contributed by atoms with van der Waals surface area (Å²) in [5.74, 6) is -0.340. The summed E-state index contributed by atoms with van der Waals surface area (Å²) in [5, 5.41) is 0. The molecular weight excluding hydrogens is 180 g/mol. The van der Waals surface area contributed by atoms with Crippen molar-refractivity contribution in [3.8, 4) is 0 Å². The predicted octanol–water partition coefficient (Wildman–Crippen LogP) is 2.31. The number of carbonyl (C=O) groups is 1. The highest BCUT2D eigenvalue weighted by atomic mass is 16.6. The van der Waals surface area contributed by atoms with E-state index in [2.05, 4.69) is 6.58 Å². The first-order valence-electron chi connectivity index (χ1n) is 4.96. The second kappa shape index (κ2) is 6.60. The van der Waals surface area contributed by atoms with E-state index in [4.69, 9.17) is 9.47 Å². The molecule has 0 bridgehead atoms. The van der Waals surface area contributed by atoms with Gasteiger partial charge in [-0.05, 0) is 19.8 Å². The molecule has 3 nitrogen and oxygen atoms in total. The minimum absolute atomic E-state index is 0.0247. The summed E-state index contributed by atoms with van der Waals surface area (Å²) < 4.78 is 10.5. The third kappa shape index (κ3) is 3.92. The van der Waals surface area contributed by atoms with Crippen molar-refractivity contribution in [1.29, 1.82) is 0 Å². The molecule has 0 saturated heterocycles. The maximum Gasteiger partial charge on any atom is 0.333 e. The fraction of sp³-hybridized carbons (Fsp3) is 0.727. The van der Waals surface area contributed by atoms with Crippen LogP contribution in [-0.4, -0.2) is 25.3 Å². The van der Waals surface area contributed by atoms with Crippen molar-refractivity contribution in [2.75, 3.05) is 7.11 Å². The van der Waals surface area contributed by atoms with Crippen LogP contribution in [0.15, 0.2) is 12.2 Å². The van der Waals surface area contributed by atoms with E-state index in [9.17, 15) is 4.79 Å². The van der Waals surface area contributed by atoms with Gasteiger partial charge in [-0.2, -0.15) is 0 Å². The lowest BCUT2D eigenvalue weighted by atomic mass is 10.1. The van der Waals surface area contributed by atoms with Crippen molar-refractivity contribution in [3.05, 3.63) is 12.2 Å². The fourth-order valence-corrected chi connectivity index (χ4v) is 1.24.